The van der Waals surface area contributed by atoms with Gasteiger partial charge < -0.3 is 9.47 Å². The Labute approximate surface area is 166 Å². The van der Waals surface area contributed by atoms with Crippen molar-refractivity contribution in [2.45, 2.75) is 12.8 Å². The van der Waals surface area contributed by atoms with Crippen LogP contribution in [0.3, 0.4) is 0 Å². The van der Waals surface area contributed by atoms with Crippen LogP contribution < -0.4 is 10.1 Å². The predicted molar refractivity (Wildman–Crippen MR) is 107 cm³/mol. The third-order valence-corrected chi connectivity index (χ3v) is 5.14. The first-order valence-electron chi connectivity index (χ1n) is 8.60. The third-order valence-electron chi connectivity index (χ3n) is 4.27. The van der Waals surface area contributed by atoms with E-state index in [1.54, 1.807) is 31.5 Å². The van der Waals surface area contributed by atoms with Crippen LogP contribution in [0.25, 0.3) is 10.8 Å². The highest BCUT2D eigenvalue weighted by Crippen LogP contribution is 2.25. The zero-order valence-electron chi connectivity index (χ0n) is 15.4. The highest BCUT2D eigenvalue weighted by Gasteiger charge is 2.19. The Morgan fingerprint density at radius 1 is 1.07 bits per heavy atom. The van der Waals surface area contributed by atoms with Gasteiger partial charge in [-0.2, -0.15) is 0 Å². The number of thiophene rings is 1. The Bertz CT molecular complexity index is 1010. The van der Waals surface area contributed by atoms with Crippen molar-refractivity contribution >= 4 is 39.9 Å². The lowest BCUT2D eigenvalue weighted by Crippen LogP contribution is -2.34. The van der Waals surface area contributed by atoms with Gasteiger partial charge in [0.25, 0.3) is 11.8 Å². The number of fused-ring (bicyclic) bond motifs is 1. The number of amides is 2. The van der Waals surface area contributed by atoms with E-state index in [2.05, 4.69) is 5.32 Å². The minimum atomic E-state index is -0.662. The summed E-state index contributed by atoms with van der Waals surface area (Å²) in [7, 11) is 1.61. The molecule has 0 saturated carbocycles. The van der Waals surface area contributed by atoms with Crippen molar-refractivity contribution in [3.63, 3.8) is 0 Å². The highest BCUT2D eigenvalue weighted by molar-refractivity contribution is 7.12. The van der Waals surface area contributed by atoms with E-state index in [4.69, 9.17) is 9.47 Å². The van der Waals surface area contributed by atoms with Gasteiger partial charge in [-0.3, -0.25) is 19.7 Å². The van der Waals surface area contributed by atoms with E-state index in [1.807, 2.05) is 36.4 Å². The highest BCUT2D eigenvalue weighted by atomic mass is 32.1. The normalized spacial score (nSPS) is 11.6. The van der Waals surface area contributed by atoms with Crippen LogP contribution in [-0.4, -0.2) is 31.5 Å². The molecule has 1 atom stereocenters. The molecule has 0 fully saturated rings. The maximum Gasteiger partial charge on any atom is 0.313 e. The second-order valence-electron chi connectivity index (χ2n) is 6.16. The molecule has 1 heterocycles. The number of ether oxygens (including phenoxy) is 2. The standard InChI is InChI=1S/C21H19NO5S/c1-13(14-5-6-16-11-17(26-2)8-7-15(16)10-14)21(25)27-12-19(23)22-20(24)18-4-3-9-28-18/h3-11,13H,12H2,1-2H3,(H,22,23,24)/t13-/m0/s1. The number of benzene rings is 2. The molecule has 0 aliphatic heterocycles. The fourth-order valence-electron chi connectivity index (χ4n) is 2.67. The zero-order chi connectivity index (χ0) is 20.1. The van der Waals surface area contributed by atoms with E-state index < -0.39 is 30.3 Å². The Balaban J connectivity index is 1.58. The topological polar surface area (TPSA) is 81.7 Å². The second kappa shape index (κ2) is 8.67. The number of carbonyl (C=O) groups excluding carboxylic acids is 3. The monoisotopic (exact) mass is 397 g/mol. The average Bonchev–Trinajstić information content (AvgIpc) is 3.25. The first kappa shape index (κ1) is 19.6. The van der Waals surface area contributed by atoms with E-state index in [-0.39, 0.29) is 0 Å². The van der Waals surface area contributed by atoms with Crippen LogP contribution in [0, 0.1) is 0 Å². The van der Waals surface area contributed by atoms with Gasteiger partial charge in [0.05, 0.1) is 17.9 Å². The summed E-state index contributed by atoms with van der Waals surface area (Å²) in [6, 6.07) is 14.7. The van der Waals surface area contributed by atoms with Crippen molar-refractivity contribution in [3.05, 3.63) is 64.4 Å². The largest absolute Gasteiger partial charge is 0.497 e. The van der Waals surface area contributed by atoms with Gasteiger partial charge in [-0.25, -0.2) is 0 Å². The molecule has 0 aliphatic carbocycles. The lowest BCUT2D eigenvalue weighted by molar-refractivity contribution is -0.149. The van der Waals surface area contributed by atoms with Crippen molar-refractivity contribution in [1.82, 2.24) is 5.32 Å². The molecule has 28 heavy (non-hydrogen) atoms. The molecule has 0 saturated heterocycles. The molecule has 1 N–H and O–H groups in total. The predicted octanol–water partition coefficient (Wildman–Crippen LogP) is 3.51. The molecular formula is C21H19NO5S. The summed E-state index contributed by atoms with van der Waals surface area (Å²) in [6.07, 6.45) is 0. The summed E-state index contributed by atoms with van der Waals surface area (Å²) < 4.78 is 10.3. The Hall–Kier alpha value is -3.19. The van der Waals surface area contributed by atoms with Crippen molar-refractivity contribution in [3.8, 4) is 5.75 Å². The SMILES string of the molecule is COc1ccc2cc([C@H](C)C(=O)OCC(=O)NC(=O)c3cccs3)ccc2c1. The lowest BCUT2D eigenvalue weighted by atomic mass is 9.98. The molecule has 0 aliphatic rings. The van der Waals surface area contributed by atoms with Crippen LogP contribution in [0.2, 0.25) is 0 Å². The maximum atomic E-state index is 12.3. The number of nitrogens with one attached hydrogen (secondary N) is 1. The van der Waals surface area contributed by atoms with Crippen LogP contribution in [0.15, 0.2) is 53.9 Å². The molecule has 0 bridgehead atoms. The van der Waals surface area contributed by atoms with E-state index in [0.717, 1.165) is 22.1 Å². The van der Waals surface area contributed by atoms with Gasteiger partial charge in [0, 0.05) is 0 Å². The molecule has 3 aromatic rings. The minimum Gasteiger partial charge on any atom is -0.497 e. The van der Waals surface area contributed by atoms with Crippen molar-refractivity contribution < 1.29 is 23.9 Å². The quantitative estimate of drug-likeness (QED) is 0.644. The van der Waals surface area contributed by atoms with Crippen molar-refractivity contribution in [2.75, 3.05) is 13.7 Å². The maximum absolute atomic E-state index is 12.3. The molecule has 2 amide bonds. The van der Waals surface area contributed by atoms with Gasteiger partial charge in [0.1, 0.15) is 5.75 Å². The molecule has 1 aromatic heterocycles. The van der Waals surface area contributed by atoms with Gasteiger partial charge in [0.2, 0.25) is 0 Å². The average molecular weight is 397 g/mol. The molecule has 2 aromatic carbocycles. The van der Waals surface area contributed by atoms with Crippen LogP contribution in [0.5, 0.6) is 5.75 Å². The van der Waals surface area contributed by atoms with Gasteiger partial charge in [-0.05, 0) is 46.8 Å². The summed E-state index contributed by atoms with van der Waals surface area (Å²) in [5.41, 5.74) is 0.776. The van der Waals surface area contributed by atoms with E-state index in [0.29, 0.717) is 4.88 Å². The van der Waals surface area contributed by atoms with E-state index >= 15 is 0 Å². The molecule has 6 nitrogen and oxygen atoms in total. The first-order chi connectivity index (χ1) is 13.5. The minimum absolute atomic E-state index is 0.417. The van der Waals surface area contributed by atoms with Crippen LogP contribution in [0.4, 0.5) is 0 Å². The number of methoxy groups -OCH3 is 1. The smallest absolute Gasteiger partial charge is 0.313 e. The number of hydrogen-bond donors (Lipinski definition) is 1. The Morgan fingerprint density at radius 3 is 2.54 bits per heavy atom. The molecule has 0 unspecified atom stereocenters. The van der Waals surface area contributed by atoms with Crippen LogP contribution >= 0.6 is 11.3 Å². The zero-order valence-corrected chi connectivity index (χ0v) is 16.2. The molecule has 7 heteroatoms. The van der Waals surface area contributed by atoms with Crippen LogP contribution in [0.1, 0.15) is 28.1 Å². The first-order valence-corrected chi connectivity index (χ1v) is 9.48. The van der Waals surface area contributed by atoms with Gasteiger partial charge >= 0.3 is 5.97 Å². The second-order valence-corrected chi connectivity index (χ2v) is 7.10. The van der Waals surface area contributed by atoms with Gasteiger partial charge in [0.15, 0.2) is 6.61 Å². The Kier molecular flexibility index (Phi) is 6.06. The number of imide groups is 1. The number of carbonyl (C=O) groups is 3. The number of hydrogen-bond acceptors (Lipinski definition) is 6. The number of rotatable bonds is 6. The molecular weight excluding hydrogens is 378 g/mol. The lowest BCUT2D eigenvalue weighted by Gasteiger charge is -2.13. The summed E-state index contributed by atoms with van der Waals surface area (Å²) in [6.45, 7) is 1.20. The summed E-state index contributed by atoms with van der Waals surface area (Å²) >= 11 is 1.22. The van der Waals surface area contributed by atoms with E-state index in [1.165, 1.54) is 11.3 Å². The van der Waals surface area contributed by atoms with Gasteiger partial charge in [-0.15, -0.1) is 11.3 Å². The number of esters is 1. The molecule has 144 valence electrons. The Morgan fingerprint density at radius 2 is 1.82 bits per heavy atom. The summed E-state index contributed by atoms with van der Waals surface area (Å²) in [5, 5.41) is 5.90. The van der Waals surface area contributed by atoms with E-state index in [9.17, 15) is 14.4 Å². The summed E-state index contributed by atoms with van der Waals surface area (Å²) in [4.78, 5) is 36.4. The summed E-state index contributed by atoms with van der Waals surface area (Å²) in [5.74, 6) is -1.49. The van der Waals surface area contributed by atoms with Gasteiger partial charge in [-0.1, -0.05) is 30.3 Å². The fraction of sp³-hybridized carbons (Fsp3) is 0.190. The van der Waals surface area contributed by atoms with Crippen molar-refractivity contribution in [1.29, 1.82) is 0 Å². The fourth-order valence-corrected chi connectivity index (χ4v) is 3.29. The van der Waals surface area contributed by atoms with Crippen LogP contribution in [-0.2, 0) is 14.3 Å². The molecule has 3 rings (SSSR count). The molecule has 0 spiro atoms. The van der Waals surface area contributed by atoms with Crippen molar-refractivity contribution in [2.24, 2.45) is 0 Å². The third kappa shape index (κ3) is 4.55. The molecule has 0 radical (unpaired) electrons.